The molecule has 0 spiro atoms. The summed E-state index contributed by atoms with van der Waals surface area (Å²) in [5.41, 5.74) is 0.209. The molecule has 0 unspecified atom stereocenters. The van der Waals surface area contributed by atoms with Crippen molar-refractivity contribution in [1.82, 2.24) is 5.32 Å². The Morgan fingerprint density at radius 1 is 1.20 bits per heavy atom. The molecule has 1 rings (SSSR count). The molecular formula is C15H21NO4. The van der Waals surface area contributed by atoms with Crippen LogP contribution in [0, 0.1) is 5.41 Å². The van der Waals surface area contributed by atoms with E-state index in [4.69, 9.17) is 0 Å². The highest BCUT2D eigenvalue weighted by Gasteiger charge is 2.30. The van der Waals surface area contributed by atoms with Gasteiger partial charge in [0.15, 0.2) is 6.04 Å². The van der Waals surface area contributed by atoms with Gasteiger partial charge < -0.3 is 15.5 Å². The van der Waals surface area contributed by atoms with Gasteiger partial charge in [-0.3, -0.25) is 4.79 Å². The zero-order chi connectivity index (χ0) is 15.3. The summed E-state index contributed by atoms with van der Waals surface area (Å²) in [5.74, 6) is -1.65. The van der Waals surface area contributed by atoms with Gasteiger partial charge in [0, 0.05) is 6.42 Å². The van der Waals surface area contributed by atoms with Gasteiger partial charge in [0.1, 0.15) is 6.10 Å². The lowest BCUT2D eigenvalue weighted by Gasteiger charge is -2.23. The first-order chi connectivity index (χ1) is 9.20. The summed E-state index contributed by atoms with van der Waals surface area (Å²) in [6.45, 7) is 5.65. The van der Waals surface area contributed by atoms with Crippen LogP contribution in [0.15, 0.2) is 30.3 Å². The molecule has 0 heterocycles. The Kier molecular flexibility index (Phi) is 5.27. The van der Waals surface area contributed by atoms with Gasteiger partial charge in [0.2, 0.25) is 5.91 Å². The highest BCUT2D eigenvalue weighted by atomic mass is 16.4. The van der Waals surface area contributed by atoms with Crippen molar-refractivity contribution >= 4 is 11.9 Å². The van der Waals surface area contributed by atoms with Crippen molar-refractivity contribution in [2.24, 2.45) is 5.41 Å². The molecule has 0 saturated heterocycles. The first-order valence-corrected chi connectivity index (χ1v) is 6.46. The van der Waals surface area contributed by atoms with Crippen LogP contribution in [0.25, 0.3) is 0 Å². The number of aliphatic hydroxyl groups excluding tert-OH is 1. The highest BCUT2D eigenvalue weighted by molar-refractivity contribution is 5.84. The van der Waals surface area contributed by atoms with E-state index in [-0.39, 0.29) is 17.7 Å². The van der Waals surface area contributed by atoms with Crippen molar-refractivity contribution in [1.29, 1.82) is 0 Å². The molecule has 0 radical (unpaired) electrons. The number of carbonyl (C=O) groups excluding carboxylic acids is 1. The van der Waals surface area contributed by atoms with Crippen molar-refractivity contribution in [2.45, 2.75) is 39.3 Å². The fourth-order valence-electron chi connectivity index (χ4n) is 1.82. The van der Waals surface area contributed by atoms with Gasteiger partial charge in [-0.25, -0.2) is 4.79 Å². The molecule has 2 atom stereocenters. The molecule has 0 saturated carbocycles. The normalized spacial score (nSPS) is 14.4. The molecule has 110 valence electrons. The van der Waals surface area contributed by atoms with E-state index in [0.717, 1.165) is 0 Å². The predicted molar refractivity (Wildman–Crippen MR) is 75.0 cm³/mol. The van der Waals surface area contributed by atoms with E-state index >= 15 is 0 Å². The average Bonchev–Trinajstić information content (AvgIpc) is 2.34. The highest BCUT2D eigenvalue weighted by Crippen LogP contribution is 2.20. The van der Waals surface area contributed by atoms with Crippen molar-refractivity contribution in [3.8, 4) is 0 Å². The van der Waals surface area contributed by atoms with Gasteiger partial charge in [-0.05, 0) is 11.0 Å². The van der Waals surface area contributed by atoms with E-state index in [1.807, 2.05) is 20.8 Å². The van der Waals surface area contributed by atoms with E-state index in [9.17, 15) is 19.8 Å². The summed E-state index contributed by atoms with van der Waals surface area (Å²) >= 11 is 0. The van der Waals surface area contributed by atoms with Crippen molar-refractivity contribution in [2.75, 3.05) is 0 Å². The van der Waals surface area contributed by atoms with Crippen LogP contribution in [0.1, 0.15) is 38.9 Å². The summed E-state index contributed by atoms with van der Waals surface area (Å²) in [7, 11) is 0. The third-order valence-corrected chi connectivity index (χ3v) is 2.73. The molecule has 0 aromatic heterocycles. The summed E-state index contributed by atoms with van der Waals surface area (Å²) in [4.78, 5) is 23.1. The van der Waals surface area contributed by atoms with Gasteiger partial charge in [-0.2, -0.15) is 0 Å². The number of aliphatic carboxylic acids is 1. The van der Waals surface area contributed by atoms with Gasteiger partial charge in [0.25, 0.3) is 0 Å². The largest absolute Gasteiger partial charge is 0.480 e. The molecule has 1 aromatic rings. The van der Waals surface area contributed by atoms with Crippen LogP contribution in [0.4, 0.5) is 0 Å². The number of amides is 1. The zero-order valence-electron chi connectivity index (χ0n) is 12.0. The van der Waals surface area contributed by atoms with Crippen LogP contribution in [0.5, 0.6) is 0 Å². The van der Waals surface area contributed by atoms with Crippen LogP contribution in [-0.4, -0.2) is 28.1 Å². The number of rotatable bonds is 5. The van der Waals surface area contributed by atoms with Crippen LogP contribution in [0.3, 0.4) is 0 Å². The minimum absolute atomic E-state index is 0.193. The van der Waals surface area contributed by atoms with Gasteiger partial charge in [-0.1, -0.05) is 51.1 Å². The average molecular weight is 279 g/mol. The fraction of sp³-hybridized carbons (Fsp3) is 0.467. The Bertz CT molecular complexity index is 465. The molecule has 5 nitrogen and oxygen atoms in total. The molecule has 0 aliphatic heterocycles. The second-order valence-corrected chi connectivity index (χ2v) is 5.98. The molecule has 0 aliphatic carbocycles. The molecular weight excluding hydrogens is 258 g/mol. The third-order valence-electron chi connectivity index (χ3n) is 2.73. The number of carbonyl (C=O) groups is 2. The number of hydrogen-bond donors (Lipinski definition) is 3. The minimum atomic E-state index is -1.35. The van der Waals surface area contributed by atoms with Crippen LogP contribution >= 0.6 is 0 Å². The van der Waals surface area contributed by atoms with Gasteiger partial charge in [-0.15, -0.1) is 0 Å². The number of hydrogen-bond acceptors (Lipinski definition) is 3. The molecule has 0 fully saturated rings. The molecule has 3 N–H and O–H groups in total. The lowest BCUT2D eigenvalue weighted by Crippen LogP contribution is -2.45. The summed E-state index contributed by atoms with van der Waals surface area (Å²) in [5, 5.41) is 21.7. The van der Waals surface area contributed by atoms with Crippen molar-refractivity contribution < 1.29 is 19.8 Å². The smallest absolute Gasteiger partial charge is 0.329 e. The molecule has 1 aromatic carbocycles. The van der Waals surface area contributed by atoms with Crippen LogP contribution in [0.2, 0.25) is 0 Å². The second-order valence-electron chi connectivity index (χ2n) is 5.98. The summed E-state index contributed by atoms with van der Waals surface area (Å²) in [6, 6.07) is 7.06. The first-order valence-electron chi connectivity index (χ1n) is 6.46. The van der Waals surface area contributed by atoms with Gasteiger partial charge >= 0.3 is 5.97 Å². The number of benzene rings is 1. The van der Waals surface area contributed by atoms with Crippen molar-refractivity contribution in [3.63, 3.8) is 0 Å². The number of carboxylic acids is 1. The maximum atomic E-state index is 11.8. The van der Waals surface area contributed by atoms with Crippen molar-refractivity contribution in [3.05, 3.63) is 35.9 Å². The Labute approximate surface area is 118 Å². The summed E-state index contributed by atoms with van der Waals surface area (Å²) < 4.78 is 0. The Balaban J connectivity index is 2.80. The Morgan fingerprint density at radius 3 is 2.20 bits per heavy atom. The minimum Gasteiger partial charge on any atom is -0.480 e. The second kappa shape index (κ2) is 6.52. The van der Waals surface area contributed by atoms with E-state index in [0.29, 0.717) is 5.56 Å². The monoisotopic (exact) mass is 279 g/mol. The number of nitrogens with one attached hydrogen (secondary N) is 1. The van der Waals surface area contributed by atoms with E-state index in [1.165, 1.54) is 0 Å². The lowest BCUT2D eigenvalue weighted by atomic mass is 9.91. The first kappa shape index (κ1) is 16.2. The quantitative estimate of drug-likeness (QED) is 0.766. The van der Waals surface area contributed by atoms with Crippen LogP contribution < -0.4 is 5.32 Å². The predicted octanol–water partition coefficient (Wildman–Crippen LogP) is 1.73. The number of carboxylic acid groups (broad SMARTS) is 1. The fourth-order valence-corrected chi connectivity index (χ4v) is 1.82. The third kappa shape index (κ3) is 5.01. The van der Waals surface area contributed by atoms with E-state index in [2.05, 4.69) is 5.32 Å². The Morgan fingerprint density at radius 2 is 1.75 bits per heavy atom. The standard InChI is InChI=1S/C15H21NO4/c1-15(2,3)9-11(17)16-12(14(19)20)13(18)10-7-5-4-6-8-10/h4-8,12-13,18H,9H2,1-3H3,(H,16,17)(H,19,20)/t12-,13+/m0/s1. The molecule has 1 amide bonds. The Hall–Kier alpha value is -1.88. The van der Waals surface area contributed by atoms with Crippen LogP contribution in [-0.2, 0) is 9.59 Å². The maximum Gasteiger partial charge on any atom is 0.329 e. The van der Waals surface area contributed by atoms with E-state index < -0.39 is 18.1 Å². The summed E-state index contributed by atoms with van der Waals surface area (Å²) in [6.07, 6.45) is -1.09. The molecule has 0 aliphatic rings. The van der Waals surface area contributed by atoms with Gasteiger partial charge in [0.05, 0.1) is 0 Å². The van der Waals surface area contributed by atoms with E-state index in [1.54, 1.807) is 30.3 Å². The maximum absolute atomic E-state index is 11.8. The SMILES string of the molecule is CC(C)(C)CC(=O)N[C@H](C(=O)O)[C@H](O)c1ccccc1. The topological polar surface area (TPSA) is 86.6 Å². The molecule has 0 bridgehead atoms. The molecule has 20 heavy (non-hydrogen) atoms. The zero-order valence-corrected chi connectivity index (χ0v) is 12.0. The molecule has 5 heteroatoms. The number of aliphatic hydroxyl groups is 1. The lowest BCUT2D eigenvalue weighted by molar-refractivity contribution is -0.145.